The van der Waals surface area contributed by atoms with Gasteiger partial charge in [0.05, 0.1) is 18.4 Å². The zero-order valence-corrected chi connectivity index (χ0v) is 13.0. The third-order valence-corrected chi connectivity index (χ3v) is 3.88. The molecule has 0 amide bonds. The predicted octanol–water partition coefficient (Wildman–Crippen LogP) is 0.152. The predicted molar refractivity (Wildman–Crippen MR) is 82.4 cm³/mol. The van der Waals surface area contributed by atoms with Crippen LogP contribution < -0.4 is 10.1 Å². The third-order valence-electron chi connectivity index (χ3n) is 3.88. The van der Waals surface area contributed by atoms with E-state index in [1.165, 1.54) is 11.0 Å². The molecule has 1 saturated heterocycles. The van der Waals surface area contributed by atoms with Crippen LogP contribution in [-0.2, 0) is 6.61 Å². The maximum atomic E-state index is 5.71. The van der Waals surface area contributed by atoms with Crippen LogP contribution in [0.15, 0.2) is 30.9 Å². The summed E-state index contributed by atoms with van der Waals surface area (Å²) in [5.74, 6) is 1.28. The molecule has 0 unspecified atom stereocenters. The van der Waals surface area contributed by atoms with Crippen LogP contribution in [0.25, 0.3) is 5.82 Å². The standard InChI is InChI=1S/C14H17N9O/c1-2-14(22-10-17-20-21-22)16-8-13(1)24-9-11-7-18-23(19-11)12-3-5-15-6-4-12/h1-2,7-8,10,12,15H,3-6,9H2. The van der Waals surface area contributed by atoms with Crippen molar-refractivity contribution in [2.75, 3.05) is 13.1 Å². The first-order valence-electron chi connectivity index (χ1n) is 7.82. The molecule has 0 saturated carbocycles. The summed E-state index contributed by atoms with van der Waals surface area (Å²) in [6, 6.07) is 3.98. The van der Waals surface area contributed by atoms with E-state index in [9.17, 15) is 0 Å². The Morgan fingerprint density at radius 3 is 2.88 bits per heavy atom. The normalized spacial score (nSPS) is 15.5. The molecule has 1 aliphatic rings. The summed E-state index contributed by atoms with van der Waals surface area (Å²) in [5, 5.41) is 23.1. The van der Waals surface area contributed by atoms with Gasteiger partial charge >= 0.3 is 0 Å². The van der Waals surface area contributed by atoms with Crippen molar-refractivity contribution in [2.45, 2.75) is 25.5 Å². The molecule has 4 heterocycles. The molecule has 24 heavy (non-hydrogen) atoms. The summed E-state index contributed by atoms with van der Waals surface area (Å²) in [6.45, 7) is 2.38. The molecule has 1 aliphatic heterocycles. The molecular formula is C14H17N9O. The van der Waals surface area contributed by atoms with Gasteiger partial charge in [-0.25, -0.2) is 4.98 Å². The molecule has 0 bridgehead atoms. The van der Waals surface area contributed by atoms with Crippen LogP contribution in [0.4, 0.5) is 0 Å². The molecule has 0 radical (unpaired) electrons. The lowest BCUT2D eigenvalue weighted by Crippen LogP contribution is -2.30. The van der Waals surface area contributed by atoms with E-state index in [2.05, 4.69) is 36.0 Å². The summed E-state index contributed by atoms with van der Waals surface area (Å²) in [5.41, 5.74) is 0.804. The number of ether oxygens (including phenoxy) is 1. The third kappa shape index (κ3) is 3.23. The minimum absolute atomic E-state index is 0.358. The number of aromatic nitrogens is 8. The van der Waals surface area contributed by atoms with E-state index < -0.39 is 0 Å². The summed E-state index contributed by atoms with van der Waals surface area (Å²) < 4.78 is 7.19. The Hall–Kier alpha value is -2.88. The van der Waals surface area contributed by atoms with Crippen LogP contribution in [0.5, 0.6) is 5.75 Å². The highest BCUT2D eigenvalue weighted by atomic mass is 16.5. The lowest BCUT2D eigenvalue weighted by Gasteiger charge is -2.21. The van der Waals surface area contributed by atoms with Crippen molar-refractivity contribution >= 4 is 0 Å². The highest BCUT2D eigenvalue weighted by molar-refractivity contribution is 5.27. The Labute approximate surface area is 137 Å². The zero-order valence-electron chi connectivity index (χ0n) is 13.0. The van der Waals surface area contributed by atoms with Gasteiger partial charge < -0.3 is 10.1 Å². The van der Waals surface area contributed by atoms with Crippen molar-refractivity contribution in [1.29, 1.82) is 0 Å². The monoisotopic (exact) mass is 327 g/mol. The smallest absolute Gasteiger partial charge is 0.157 e. The fourth-order valence-electron chi connectivity index (χ4n) is 2.61. The molecule has 0 aliphatic carbocycles. The second-order valence-corrected chi connectivity index (χ2v) is 5.53. The van der Waals surface area contributed by atoms with Crippen molar-refractivity contribution < 1.29 is 4.74 Å². The summed E-state index contributed by atoms with van der Waals surface area (Å²) in [4.78, 5) is 6.06. The molecule has 10 nitrogen and oxygen atoms in total. The van der Waals surface area contributed by atoms with Crippen molar-refractivity contribution in [3.8, 4) is 11.6 Å². The molecule has 3 aromatic heterocycles. The molecule has 4 rings (SSSR count). The average Bonchev–Trinajstić information content (AvgIpc) is 3.33. The van der Waals surface area contributed by atoms with E-state index in [0.717, 1.165) is 31.6 Å². The van der Waals surface area contributed by atoms with E-state index in [-0.39, 0.29) is 0 Å². The summed E-state index contributed by atoms with van der Waals surface area (Å²) in [6.07, 6.45) is 6.98. The fourth-order valence-corrected chi connectivity index (χ4v) is 2.61. The molecule has 3 aromatic rings. The second kappa shape index (κ2) is 6.71. The van der Waals surface area contributed by atoms with Gasteiger partial charge in [-0.2, -0.15) is 19.7 Å². The molecular weight excluding hydrogens is 310 g/mol. The highest BCUT2D eigenvalue weighted by Crippen LogP contribution is 2.17. The van der Waals surface area contributed by atoms with E-state index in [4.69, 9.17) is 4.74 Å². The lowest BCUT2D eigenvalue weighted by molar-refractivity contribution is 0.287. The van der Waals surface area contributed by atoms with Crippen LogP contribution in [0.1, 0.15) is 24.6 Å². The molecule has 124 valence electrons. The van der Waals surface area contributed by atoms with Crippen LogP contribution in [0, 0.1) is 0 Å². The highest BCUT2D eigenvalue weighted by Gasteiger charge is 2.17. The summed E-state index contributed by atoms with van der Waals surface area (Å²) >= 11 is 0. The molecule has 1 N–H and O–H groups in total. The van der Waals surface area contributed by atoms with Crippen molar-refractivity contribution in [2.24, 2.45) is 0 Å². The summed E-state index contributed by atoms with van der Waals surface area (Å²) in [7, 11) is 0. The maximum Gasteiger partial charge on any atom is 0.157 e. The van der Waals surface area contributed by atoms with Crippen LogP contribution >= 0.6 is 0 Å². The number of rotatable bonds is 5. The van der Waals surface area contributed by atoms with E-state index in [1.807, 2.05) is 6.07 Å². The van der Waals surface area contributed by atoms with E-state index >= 15 is 0 Å². The largest absolute Gasteiger partial charge is 0.486 e. The van der Waals surface area contributed by atoms with Gasteiger partial charge in [0, 0.05) is 0 Å². The number of nitrogens with one attached hydrogen (secondary N) is 1. The number of tetrazole rings is 1. The minimum atomic E-state index is 0.358. The van der Waals surface area contributed by atoms with Gasteiger partial charge in [-0.1, -0.05) is 0 Å². The van der Waals surface area contributed by atoms with Gasteiger partial charge in [0.1, 0.15) is 24.4 Å². The second-order valence-electron chi connectivity index (χ2n) is 5.53. The first-order valence-corrected chi connectivity index (χ1v) is 7.82. The van der Waals surface area contributed by atoms with Gasteiger partial charge in [0.25, 0.3) is 0 Å². The van der Waals surface area contributed by atoms with Crippen LogP contribution in [0.2, 0.25) is 0 Å². The fraction of sp³-hybridized carbons (Fsp3) is 0.429. The van der Waals surface area contributed by atoms with Gasteiger partial charge in [-0.3, -0.25) is 0 Å². The number of pyridine rings is 1. The molecule has 0 aromatic carbocycles. The number of piperidine rings is 1. The SMILES string of the molecule is c1cc(-n2cnnn2)ncc1OCc1cnn(C2CCNCC2)n1. The quantitative estimate of drug-likeness (QED) is 0.705. The van der Waals surface area contributed by atoms with Crippen molar-refractivity contribution in [3.63, 3.8) is 0 Å². The van der Waals surface area contributed by atoms with Crippen molar-refractivity contribution in [3.05, 3.63) is 36.5 Å². The number of hydrogen-bond donors (Lipinski definition) is 1. The van der Waals surface area contributed by atoms with E-state index in [0.29, 0.717) is 24.2 Å². The van der Waals surface area contributed by atoms with Crippen LogP contribution in [-0.4, -0.2) is 53.3 Å². The van der Waals surface area contributed by atoms with Crippen molar-refractivity contribution in [1.82, 2.24) is 45.5 Å². The number of hydrogen-bond acceptors (Lipinski definition) is 8. The van der Waals surface area contributed by atoms with E-state index in [1.54, 1.807) is 23.3 Å². The first kappa shape index (κ1) is 14.7. The van der Waals surface area contributed by atoms with Gasteiger partial charge in [0.15, 0.2) is 5.82 Å². The molecule has 10 heteroatoms. The molecule has 0 spiro atoms. The Bertz CT molecular complexity index is 762. The first-order chi connectivity index (χ1) is 11.9. The molecule has 1 fully saturated rings. The van der Waals surface area contributed by atoms with Crippen LogP contribution in [0.3, 0.4) is 0 Å². The van der Waals surface area contributed by atoms with Gasteiger partial charge in [-0.05, 0) is 48.5 Å². The molecule has 0 atom stereocenters. The lowest BCUT2D eigenvalue weighted by atomic mass is 10.1. The number of nitrogens with zero attached hydrogens (tertiary/aromatic N) is 8. The maximum absolute atomic E-state index is 5.71. The Morgan fingerprint density at radius 2 is 2.12 bits per heavy atom. The Balaban J connectivity index is 1.36. The average molecular weight is 327 g/mol. The zero-order chi connectivity index (χ0) is 16.2. The Morgan fingerprint density at radius 1 is 1.21 bits per heavy atom. The Kier molecular flexibility index (Phi) is 4.11. The topological polar surface area (TPSA) is 108 Å². The minimum Gasteiger partial charge on any atom is -0.486 e. The van der Waals surface area contributed by atoms with Gasteiger partial charge in [-0.15, -0.1) is 5.10 Å². The van der Waals surface area contributed by atoms with Gasteiger partial charge in [0.2, 0.25) is 0 Å².